The van der Waals surface area contributed by atoms with Crippen molar-refractivity contribution in [1.82, 2.24) is 5.32 Å². The summed E-state index contributed by atoms with van der Waals surface area (Å²) in [7, 11) is 0. The third-order valence-corrected chi connectivity index (χ3v) is 3.91. The van der Waals surface area contributed by atoms with Gasteiger partial charge in [-0.15, -0.1) is 0 Å². The second kappa shape index (κ2) is 3.91. The first kappa shape index (κ1) is 9.38. The van der Waals surface area contributed by atoms with Gasteiger partial charge in [0.1, 0.15) is 0 Å². The molecule has 0 radical (unpaired) electrons. The van der Waals surface area contributed by atoms with Crippen molar-refractivity contribution >= 4 is 16.9 Å². The average Bonchev–Trinajstić information content (AvgIpc) is 2.54. The Balaban J connectivity index is 1.92. The van der Waals surface area contributed by atoms with E-state index in [4.69, 9.17) is 0 Å². The van der Waals surface area contributed by atoms with Crippen LogP contribution in [-0.2, 0) is 0 Å². The van der Waals surface area contributed by atoms with Gasteiger partial charge in [0.2, 0.25) is 0 Å². The summed E-state index contributed by atoms with van der Waals surface area (Å²) in [6.45, 7) is 3.35. The number of aliphatic imine (C=N–C) groups is 1. The van der Waals surface area contributed by atoms with Gasteiger partial charge in [-0.1, -0.05) is 24.6 Å². The van der Waals surface area contributed by atoms with E-state index >= 15 is 0 Å². The molecule has 3 heteroatoms. The minimum absolute atomic E-state index is 0.350. The van der Waals surface area contributed by atoms with Gasteiger partial charge in [0.25, 0.3) is 0 Å². The summed E-state index contributed by atoms with van der Waals surface area (Å²) >= 11 is 1.89. The Kier molecular flexibility index (Phi) is 2.82. The van der Waals surface area contributed by atoms with Gasteiger partial charge in [-0.25, -0.2) is 0 Å². The quantitative estimate of drug-likeness (QED) is 0.699. The lowest BCUT2D eigenvalue weighted by Gasteiger charge is -2.28. The summed E-state index contributed by atoms with van der Waals surface area (Å²) in [6, 6.07) is 0. The molecule has 0 aromatic heterocycles. The van der Waals surface area contributed by atoms with E-state index in [2.05, 4.69) is 17.2 Å². The van der Waals surface area contributed by atoms with Crippen molar-refractivity contribution in [2.75, 3.05) is 12.3 Å². The molecule has 0 unspecified atom stereocenters. The molecule has 0 aromatic rings. The molecule has 1 aliphatic heterocycles. The predicted octanol–water partition coefficient (Wildman–Crippen LogP) is 2.40. The van der Waals surface area contributed by atoms with Crippen LogP contribution < -0.4 is 5.32 Å². The number of hydrogen-bond acceptors (Lipinski definition) is 3. The highest BCUT2D eigenvalue weighted by molar-refractivity contribution is 8.13. The Morgan fingerprint density at radius 1 is 1.31 bits per heavy atom. The summed E-state index contributed by atoms with van der Waals surface area (Å²) in [5.41, 5.74) is 0.350. The highest BCUT2D eigenvalue weighted by Crippen LogP contribution is 2.30. The summed E-state index contributed by atoms with van der Waals surface area (Å²) in [6.07, 6.45) is 6.62. The van der Waals surface area contributed by atoms with E-state index in [1.54, 1.807) is 0 Å². The number of hydrogen-bond donors (Lipinski definition) is 1. The van der Waals surface area contributed by atoms with Crippen molar-refractivity contribution in [3.05, 3.63) is 0 Å². The summed E-state index contributed by atoms with van der Waals surface area (Å²) < 4.78 is 0. The Bertz CT molecular complexity index is 207. The minimum atomic E-state index is 0.350. The van der Waals surface area contributed by atoms with Crippen molar-refractivity contribution < 1.29 is 0 Å². The molecule has 0 bridgehead atoms. The van der Waals surface area contributed by atoms with Crippen molar-refractivity contribution in [2.45, 2.75) is 44.6 Å². The zero-order chi connectivity index (χ0) is 9.15. The van der Waals surface area contributed by atoms with Crippen LogP contribution in [0, 0.1) is 0 Å². The van der Waals surface area contributed by atoms with Gasteiger partial charge in [-0.05, 0) is 26.2 Å². The van der Waals surface area contributed by atoms with E-state index in [1.807, 2.05) is 11.8 Å². The van der Waals surface area contributed by atoms with E-state index < -0.39 is 0 Å². The van der Waals surface area contributed by atoms with E-state index in [0.29, 0.717) is 5.54 Å². The third-order valence-electron chi connectivity index (χ3n) is 2.91. The van der Waals surface area contributed by atoms with Gasteiger partial charge >= 0.3 is 0 Å². The molecule has 1 heterocycles. The zero-order valence-electron chi connectivity index (χ0n) is 8.31. The number of thioether (sulfide) groups is 1. The van der Waals surface area contributed by atoms with Gasteiger partial charge in [-0.2, -0.15) is 0 Å². The summed E-state index contributed by atoms with van der Waals surface area (Å²) in [5, 5.41) is 4.80. The van der Waals surface area contributed by atoms with Crippen LogP contribution in [0.2, 0.25) is 0 Å². The van der Waals surface area contributed by atoms with Gasteiger partial charge in [-0.3, -0.25) is 4.99 Å². The smallest absolute Gasteiger partial charge is 0.156 e. The Morgan fingerprint density at radius 3 is 2.69 bits per heavy atom. The number of amidine groups is 1. The third kappa shape index (κ3) is 2.39. The second-order valence-corrected chi connectivity index (χ2v) is 5.37. The maximum absolute atomic E-state index is 4.51. The monoisotopic (exact) mass is 198 g/mol. The average molecular weight is 198 g/mol. The normalized spacial score (nSPS) is 27.0. The maximum Gasteiger partial charge on any atom is 0.156 e. The molecule has 0 atom stereocenters. The molecular formula is C10H18N2S. The number of nitrogens with zero attached hydrogens (tertiary/aromatic N) is 1. The van der Waals surface area contributed by atoms with Crippen LogP contribution in [0.15, 0.2) is 4.99 Å². The van der Waals surface area contributed by atoms with E-state index in [-0.39, 0.29) is 0 Å². The highest BCUT2D eigenvalue weighted by atomic mass is 32.2. The molecule has 1 saturated carbocycles. The fourth-order valence-corrected chi connectivity index (χ4v) is 3.04. The molecule has 0 spiro atoms. The minimum Gasteiger partial charge on any atom is -0.360 e. The molecule has 1 aliphatic carbocycles. The number of nitrogens with one attached hydrogen (secondary N) is 1. The van der Waals surface area contributed by atoms with E-state index in [9.17, 15) is 0 Å². The summed E-state index contributed by atoms with van der Waals surface area (Å²) in [5.74, 6) is 1.24. The molecule has 1 fully saturated rings. The maximum atomic E-state index is 4.51. The van der Waals surface area contributed by atoms with E-state index in [1.165, 1.54) is 43.0 Å². The molecule has 0 saturated heterocycles. The van der Waals surface area contributed by atoms with Gasteiger partial charge in [0.05, 0.1) is 0 Å². The first-order chi connectivity index (χ1) is 6.29. The zero-order valence-corrected chi connectivity index (χ0v) is 9.12. The van der Waals surface area contributed by atoms with Crippen molar-refractivity contribution in [2.24, 2.45) is 4.99 Å². The van der Waals surface area contributed by atoms with Crippen molar-refractivity contribution in [3.63, 3.8) is 0 Å². The Labute approximate surface area is 84.6 Å². The van der Waals surface area contributed by atoms with Crippen LogP contribution in [0.5, 0.6) is 0 Å². The van der Waals surface area contributed by atoms with Crippen LogP contribution in [0.25, 0.3) is 0 Å². The van der Waals surface area contributed by atoms with Gasteiger partial charge in [0.15, 0.2) is 5.17 Å². The summed E-state index contributed by atoms with van der Waals surface area (Å²) in [4.78, 5) is 4.51. The first-order valence-corrected chi connectivity index (χ1v) is 6.23. The Morgan fingerprint density at radius 2 is 2.08 bits per heavy atom. The fraction of sp³-hybridized carbons (Fsp3) is 0.900. The Hall–Kier alpha value is -0.180. The first-order valence-electron chi connectivity index (χ1n) is 5.24. The van der Waals surface area contributed by atoms with Gasteiger partial charge in [0, 0.05) is 17.8 Å². The predicted molar refractivity (Wildman–Crippen MR) is 59.4 cm³/mol. The SMILES string of the molecule is CC1(NC2=NCCCS2)CCCC1. The lowest BCUT2D eigenvalue weighted by molar-refractivity contribution is 0.434. The molecule has 1 N–H and O–H groups in total. The van der Waals surface area contributed by atoms with Crippen LogP contribution in [0.3, 0.4) is 0 Å². The largest absolute Gasteiger partial charge is 0.360 e. The molecule has 2 rings (SSSR count). The lowest BCUT2D eigenvalue weighted by atomic mass is 10.0. The fourth-order valence-electron chi connectivity index (χ4n) is 2.07. The molecule has 0 amide bonds. The number of rotatable bonds is 1. The van der Waals surface area contributed by atoms with Crippen LogP contribution >= 0.6 is 11.8 Å². The standard InChI is InChI=1S/C10H18N2S/c1-10(5-2-3-6-10)12-9-11-7-4-8-13-9/h2-8H2,1H3,(H,11,12). The topological polar surface area (TPSA) is 24.4 Å². The highest BCUT2D eigenvalue weighted by Gasteiger charge is 2.29. The molecule has 2 aliphatic rings. The van der Waals surface area contributed by atoms with E-state index in [0.717, 1.165) is 6.54 Å². The molecule has 74 valence electrons. The molecular weight excluding hydrogens is 180 g/mol. The molecule has 2 nitrogen and oxygen atoms in total. The molecule has 13 heavy (non-hydrogen) atoms. The second-order valence-electron chi connectivity index (χ2n) is 4.28. The van der Waals surface area contributed by atoms with Crippen LogP contribution in [-0.4, -0.2) is 23.0 Å². The van der Waals surface area contributed by atoms with Crippen molar-refractivity contribution in [1.29, 1.82) is 0 Å². The molecule has 0 aromatic carbocycles. The van der Waals surface area contributed by atoms with Crippen molar-refractivity contribution in [3.8, 4) is 0 Å². The van der Waals surface area contributed by atoms with Gasteiger partial charge < -0.3 is 5.32 Å². The lowest BCUT2D eigenvalue weighted by Crippen LogP contribution is -2.43. The van der Waals surface area contributed by atoms with Crippen LogP contribution in [0.4, 0.5) is 0 Å². The van der Waals surface area contributed by atoms with Crippen LogP contribution in [0.1, 0.15) is 39.0 Å².